The Hall–Kier alpha value is -2.65. The minimum Gasteiger partial charge on any atom is -0.467 e. The number of fused-ring (bicyclic) bond motifs is 1. The predicted octanol–water partition coefficient (Wildman–Crippen LogP) is 2.68. The highest BCUT2D eigenvalue weighted by molar-refractivity contribution is 7.89. The van der Waals surface area contributed by atoms with Gasteiger partial charge in [0, 0.05) is 36.7 Å². The number of carbonyl (C=O) groups excluding carboxylic acids is 2. The SMILES string of the molecule is CC1Cc2cc(S(=O)(=O)N3CCC(C(=O)NCc4ccco4)CC3)ccc2N1C(=O)C1CC1. The second-order valence-corrected chi connectivity index (χ2v) is 11.2. The molecule has 1 N–H and O–H groups in total. The molecule has 3 aliphatic rings. The molecular formula is C24H29N3O5S. The molecule has 0 radical (unpaired) electrons. The maximum Gasteiger partial charge on any atom is 0.243 e. The van der Waals surface area contributed by atoms with Crippen molar-refractivity contribution in [1.82, 2.24) is 9.62 Å². The Morgan fingerprint density at radius 3 is 2.52 bits per heavy atom. The van der Waals surface area contributed by atoms with Crippen LogP contribution in [-0.4, -0.2) is 43.7 Å². The van der Waals surface area contributed by atoms with Crippen molar-refractivity contribution < 1.29 is 22.4 Å². The molecule has 33 heavy (non-hydrogen) atoms. The molecule has 1 aliphatic carbocycles. The van der Waals surface area contributed by atoms with Crippen molar-refractivity contribution in [3.8, 4) is 0 Å². The van der Waals surface area contributed by atoms with Crippen LogP contribution in [0, 0.1) is 11.8 Å². The summed E-state index contributed by atoms with van der Waals surface area (Å²) in [5, 5.41) is 2.87. The number of nitrogens with one attached hydrogen (secondary N) is 1. The fourth-order valence-electron chi connectivity index (χ4n) is 4.87. The second-order valence-electron chi connectivity index (χ2n) is 9.30. The summed E-state index contributed by atoms with van der Waals surface area (Å²) in [4.78, 5) is 27.2. The van der Waals surface area contributed by atoms with E-state index in [9.17, 15) is 18.0 Å². The first kappa shape index (κ1) is 22.2. The van der Waals surface area contributed by atoms with Crippen LogP contribution in [0.15, 0.2) is 45.9 Å². The van der Waals surface area contributed by atoms with Crippen LogP contribution < -0.4 is 10.2 Å². The normalized spacial score (nSPS) is 21.7. The van der Waals surface area contributed by atoms with E-state index in [1.807, 2.05) is 11.8 Å². The third kappa shape index (κ3) is 4.31. The van der Waals surface area contributed by atoms with Crippen molar-refractivity contribution >= 4 is 27.5 Å². The zero-order chi connectivity index (χ0) is 23.2. The predicted molar refractivity (Wildman–Crippen MR) is 122 cm³/mol. The van der Waals surface area contributed by atoms with Crippen LogP contribution in [0.4, 0.5) is 5.69 Å². The summed E-state index contributed by atoms with van der Waals surface area (Å²) in [6, 6.07) is 8.73. The summed E-state index contributed by atoms with van der Waals surface area (Å²) < 4.78 is 33.3. The Morgan fingerprint density at radius 1 is 1.09 bits per heavy atom. The van der Waals surface area contributed by atoms with E-state index in [2.05, 4.69) is 5.32 Å². The van der Waals surface area contributed by atoms with Crippen molar-refractivity contribution in [2.24, 2.45) is 11.8 Å². The number of furan rings is 1. The number of rotatable bonds is 6. The Balaban J connectivity index is 1.23. The number of hydrogen-bond donors (Lipinski definition) is 1. The third-order valence-corrected chi connectivity index (χ3v) is 8.80. The van der Waals surface area contributed by atoms with Crippen molar-refractivity contribution in [3.05, 3.63) is 47.9 Å². The molecule has 2 amide bonds. The van der Waals surface area contributed by atoms with Crippen molar-refractivity contribution in [3.63, 3.8) is 0 Å². The number of anilines is 1. The molecule has 1 unspecified atom stereocenters. The van der Waals surface area contributed by atoms with Crippen LogP contribution in [0.1, 0.15) is 43.9 Å². The minimum atomic E-state index is -3.66. The van der Waals surface area contributed by atoms with Crippen LogP contribution in [0.2, 0.25) is 0 Å². The van der Waals surface area contributed by atoms with E-state index in [1.165, 1.54) is 4.31 Å². The molecule has 1 atom stereocenters. The lowest BCUT2D eigenvalue weighted by molar-refractivity contribution is -0.126. The first-order valence-electron chi connectivity index (χ1n) is 11.6. The molecule has 9 heteroatoms. The van der Waals surface area contributed by atoms with Gasteiger partial charge in [-0.3, -0.25) is 9.59 Å². The van der Waals surface area contributed by atoms with Crippen LogP contribution in [0.25, 0.3) is 0 Å². The lowest BCUT2D eigenvalue weighted by Crippen LogP contribution is -2.42. The Bertz CT molecular complexity index is 1150. The lowest BCUT2D eigenvalue weighted by Gasteiger charge is -2.30. The fourth-order valence-corrected chi connectivity index (χ4v) is 6.39. The standard InChI is InChI=1S/C24H29N3O5S/c1-16-13-19-14-21(6-7-22(19)27(16)24(29)18-4-5-18)33(30,31)26-10-8-17(9-11-26)23(28)25-15-20-3-2-12-32-20/h2-3,6-7,12,14,16-18H,4-5,8-11,13,15H2,1H3,(H,25,28). The van der Waals surface area contributed by atoms with Crippen LogP contribution in [-0.2, 0) is 32.6 Å². The quantitative estimate of drug-likeness (QED) is 0.698. The largest absolute Gasteiger partial charge is 0.467 e. The molecule has 8 nitrogen and oxygen atoms in total. The van der Waals surface area contributed by atoms with E-state index in [0.717, 1.165) is 24.1 Å². The molecular weight excluding hydrogens is 442 g/mol. The second kappa shape index (κ2) is 8.61. The van der Waals surface area contributed by atoms with E-state index >= 15 is 0 Å². The zero-order valence-electron chi connectivity index (χ0n) is 18.7. The van der Waals surface area contributed by atoms with Gasteiger partial charge in [-0.1, -0.05) is 0 Å². The first-order chi connectivity index (χ1) is 15.8. The monoisotopic (exact) mass is 471 g/mol. The molecule has 1 aromatic carbocycles. The van der Waals surface area contributed by atoms with Gasteiger partial charge in [0.25, 0.3) is 0 Å². The molecule has 1 saturated heterocycles. The van der Waals surface area contributed by atoms with Crippen molar-refractivity contribution in [2.45, 2.75) is 56.5 Å². The fraction of sp³-hybridized carbons (Fsp3) is 0.500. The number of amides is 2. The Kier molecular flexibility index (Phi) is 5.78. The number of carbonyl (C=O) groups is 2. The van der Waals surface area contributed by atoms with Gasteiger partial charge >= 0.3 is 0 Å². The Labute approximate surface area is 194 Å². The number of sulfonamides is 1. The molecule has 2 fully saturated rings. The Morgan fingerprint density at radius 2 is 1.85 bits per heavy atom. The summed E-state index contributed by atoms with van der Waals surface area (Å²) >= 11 is 0. The van der Waals surface area contributed by atoms with Gasteiger partial charge in [0.1, 0.15) is 5.76 Å². The average molecular weight is 472 g/mol. The van der Waals surface area contributed by atoms with Gasteiger partial charge in [0.2, 0.25) is 21.8 Å². The maximum absolute atomic E-state index is 13.3. The van der Waals surface area contributed by atoms with Gasteiger partial charge in [-0.2, -0.15) is 4.31 Å². The number of nitrogens with zero attached hydrogens (tertiary/aromatic N) is 2. The number of hydrogen-bond acceptors (Lipinski definition) is 5. The number of piperidine rings is 1. The highest BCUT2D eigenvalue weighted by atomic mass is 32.2. The molecule has 1 aromatic heterocycles. The summed E-state index contributed by atoms with van der Waals surface area (Å²) in [6.45, 7) is 2.95. The molecule has 2 aliphatic heterocycles. The van der Waals surface area contributed by atoms with E-state index in [0.29, 0.717) is 44.7 Å². The van der Waals surface area contributed by atoms with E-state index in [1.54, 1.807) is 36.6 Å². The van der Waals surface area contributed by atoms with Crippen LogP contribution >= 0.6 is 0 Å². The molecule has 0 spiro atoms. The summed E-state index contributed by atoms with van der Waals surface area (Å²) in [5.41, 5.74) is 1.75. The summed E-state index contributed by atoms with van der Waals surface area (Å²) in [7, 11) is -3.66. The van der Waals surface area contributed by atoms with E-state index in [4.69, 9.17) is 4.42 Å². The van der Waals surface area contributed by atoms with Crippen LogP contribution in [0.5, 0.6) is 0 Å². The maximum atomic E-state index is 13.3. The lowest BCUT2D eigenvalue weighted by atomic mass is 9.97. The summed E-state index contributed by atoms with van der Waals surface area (Å²) in [6.07, 6.45) is 5.08. The molecule has 176 valence electrons. The zero-order valence-corrected chi connectivity index (χ0v) is 19.5. The van der Waals surface area contributed by atoms with Gasteiger partial charge in [-0.05, 0) is 74.9 Å². The smallest absolute Gasteiger partial charge is 0.243 e. The molecule has 5 rings (SSSR count). The van der Waals surface area contributed by atoms with Crippen molar-refractivity contribution in [1.29, 1.82) is 0 Å². The molecule has 3 heterocycles. The minimum absolute atomic E-state index is 0.0430. The summed E-state index contributed by atoms with van der Waals surface area (Å²) in [5.74, 6) is 0.681. The van der Waals surface area contributed by atoms with Gasteiger partial charge in [-0.15, -0.1) is 0 Å². The van der Waals surface area contributed by atoms with Crippen molar-refractivity contribution in [2.75, 3.05) is 18.0 Å². The highest BCUT2D eigenvalue weighted by Crippen LogP contribution is 2.40. The number of benzene rings is 1. The van der Waals surface area contributed by atoms with Gasteiger partial charge in [-0.25, -0.2) is 8.42 Å². The van der Waals surface area contributed by atoms with Crippen LogP contribution in [0.3, 0.4) is 0 Å². The highest BCUT2D eigenvalue weighted by Gasteiger charge is 2.40. The molecule has 0 bridgehead atoms. The third-order valence-electron chi connectivity index (χ3n) is 6.91. The van der Waals surface area contributed by atoms with E-state index < -0.39 is 10.0 Å². The van der Waals surface area contributed by atoms with Gasteiger partial charge in [0.05, 0.1) is 17.7 Å². The topological polar surface area (TPSA) is 99.9 Å². The first-order valence-corrected chi connectivity index (χ1v) is 13.0. The van der Waals surface area contributed by atoms with Gasteiger partial charge in [0.15, 0.2) is 0 Å². The molecule has 2 aromatic rings. The molecule has 1 saturated carbocycles. The van der Waals surface area contributed by atoms with E-state index in [-0.39, 0.29) is 34.6 Å². The average Bonchev–Trinajstić information content (AvgIpc) is 3.43. The van der Waals surface area contributed by atoms with Gasteiger partial charge < -0.3 is 14.6 Å².